The third-order valence-electron chi connectivity index (χ3n) is 5.77. The number of fused-ring (bicyclic) bond motifs is 1. The molecule has 0 aromatic heterocycles. The van der Waals surface area contributed by atoms with Gasteiger partial charge in [-0.3, -0.25) is 4.79 Å². The molecule has 0 aromatic carbocycles. The van der Waals surface area contributed by atoms with Crippen molar-refractivity contribution in [1.29, 1.82) is 0 Å². The highest BCUT2D eigenvalue weighted by molar-refractivity contribution is 5.82. The van der Waals surface area contributed by atoms with Crippen LogP contribution in [0.5, 0.6) is 0 Å². The molecule has 2 aliphatic heterocycles. The Bertz CT molecular complexity index is 360. The molecule has 0 spiro atoms. The molecule has 4 heteroatoms. The van der Waals surface area contributed by atoms with Crippen LogP contribution in [0.15, 0.2) is 0 Å². The van der Waals surface area contributed by atoms with Crippen LogP contribution in [0.1, 0.15) is 58.3 Å². The summed E-state index contributed by atoms with van der Waals surface area (Å²) in [6, 6.07) is 1.01. The number of nitrogens with zero attached hydrogens (tertiary/aromatic N) is 1. The number of piperidine rings is 2. The highest BCUT2D eigenvalue weighted by Gasteiger charge is 2.35. The number of hydrogen-bond acceptors (Lipinski definition) is 3. The molecule has 2 N–H and O–H groups in total. The predicted octanol–water partition coefficient (Wildman–Crippen LogP) is 1.90. The molecule has 0 aromatic rings. The monoisotopic (exact) mass is 293 g/mol. The Balaban J connectivity index is 1.49. The van der Waals surface area contributed by atoms with Crippen molar-refractivity contribution in [1.82, 2.24) is 15.5 Å². The first-order valence-corrected chi connectivity index (χ1v) is 9.05. The van der Waals surface area contributed by atoms with E-state index in [1.807, 2.05) is 0 Å². The third-order valence-corrected chi connectivity index (χ3v) is 5.77. The predicted molar refractivity (Wildman–Crippen MR) is 85.2 cm³/mol. The summed E-state index contributed by atoms with van der Waals surface area (Å²) in [6.07, 6.45) is 9.95. The highest BCUT2D eigenvalue weighted by Crippen LogP contribution is 2.32. The van der Waals surface area contributed by atoms with Crippen molar-refractivity contribution in [2.75, 3.05) is 19.6 Å². The van der Waals surface area contributed by atoms with E-state index in [4.69, 9.17) is 0 Å². The fourth-order valence-electron chi connectivity index (χ4n) is 4.46. The zero-order valence-corrected chi connectivity index (χ0v) is 13.4. The van der Waals surface area contributed by atoms with Crippen LogP contribution < -0.4 is 10.6 Å². The van der Waals surface area contributed by atoms with Crippen LogP contribution in [0.2, 0.25) is 0 Å². The molecule has 120 valence electrons. The first-order valence-electron chi connectivity index (χ1n) is 9.05. The summed E-state index contributed by atoms with van der Waals surface area (Å²) in [7, 11) is 0. The zero-order valence-electron chi connectivity index (χ0n) is 13.4. The number of amides is 1. The van der Waals surface area contributed by atoms with Gasteiger partial charge in [-0.1, -0.05) is 19.8 Å². The second kappa shape index (κ2) is 7.10. The second-order valence-electron chi connectivity index (χ2n) is 7.19. The summed E-state index contributed by atoms with van der Waals surface area (Å²) in [4.78, 5) is 15.0. The van der Waals surface area contributed by atoms with Crippen molar-refractivity contribution >= 4 is 5.91 Å². The maximum atomic E-state index is 12.5. The smallest absolute Gasteiger partial charge is 0.237 e. The molecule has 4 atom stereocenters. The van der Waals surface area contributed by atoms with Gasteiger partial charge in [0, 0.05) is 18.6 Å². The van der Waals surface area contributed by atoms with Crippen molar-refractivity contribution in [3.05, 3.63) is 0 Å². The molecule has 1 amide bonds. The number of rotatable bonds is 3. The SMILES string of the molecule is CCN1CCCC(NC(=O)C2CCC3CCCCC3N2)C1. The summed E-state index contributed by atoms with van der Waals surface area (Å²) in [5, 5.41) is 6.95. The first-order chi connectivity index (χ1) is 10.3. The Kier molecular flexibility index (Phi) is 5.17. The van der Waals surface area contributed by atoms with Crippen LogP contribution in [-0.4, -0.2) is 48.6 Å². The number of hydrogen-bond donors (Lipinski definition) is 2. The molecule has 2 saturated heterocycles. The number of carbonyl (C=O) groups excluding carboxylic acids is 1. The Morgan fingerprint density at radius 2 is 2.00 bits per heavy atom. The van der Waals surface area contributed by atoms with Gasteiger partial charge < -0.3 is 15.5 Å². The van der Waals surface area contributed by atoms with Crippen molar-refractivity contribution in [3.8, 4) is 0 Å². The molecule has 1 aliphatic carbocycles. The molecule has 2 heterocycles. The summed E-state index contributed by atoms with van der Waals surface area (Å²) in [5.41, 5.74) is 0. The molecule has 21 heavy (non-hydrogen) atoms. The molecule has 3 rings (SSSR count). The number of carbonyl (C=O) groups is 1. The minimum Gasteiger partial charge on any atom is -0.351 e. The third kappa shape index (κ3) is 3.78. The van der Waals surface area contributed by atoms with Gasteiger partial charge in [-0.25, -0.2) is 0 Å². The van der Waals surface area contributed by atoms with Gasteiger partial charge in [-0.05, 0) is 57.5 Å². The number of nitrogens with one attached hydrogen (secondary N) is 2. The lowest BCUT2D eigenvalue weighted by molar-refractivity contribution is -0.125. The van der Waals surface area contributed by atoms with E-state index in [1.165, 1.54) is 45.1 Å². The van der Waals surface area contributed by atoms with Gasteiger partial charge in [0.1, 0.15) is 0 Å². The van der Waals surface area contributed by atoms with E-state index in [9.17, 15) is 4.79 Å². The van der Waals surface area contributed by atoms with Gasteiger partial charge in [0.25, 0.3) is 0 Å². The summed E-state index contributed by atoms with van der Waals surface area (Å²) in [6.45, 7) is 5.52. The van der Waals surface area contributed by atoms with Gasteiger partial charge in [0.05, 0.1) is 6.04 Å². The number of likely N-dealkylation sites (N-methyl/N-ethyl adjacent to an activating group) is 1. The van der Waals surface area contributed by atoms with E-state index < -0.39 is 0 Å². The summed E-state index contributed by atoms with van der Waals surface area (Å²) >= 11 is 0. The Labute approximate surface area is 129 Å². The maximum absolute atomic E-state index is 12.5. The van der Waals surface area contributed by atoms with Gasteiger partial charge >= 0.3 is 0 Å². The van der Waals surface area contributed by atoms with Crippen LogP contribution >= 0.6 is 0 Å². The van der Waals surface area contributed by atoms with Crippen molar-refractivity contribution < 1.29 is 4.79 Å². The molecular formula is C17H31N3O. The van der Waals surface area contributed by atoms with Crippen LogP contribution in [0, 0.1) is 5.92 Å². The Morgan fingerprint density at radius 3 is 2.86 bits per heavy atom. The van der Waals surface area contributed by atoms with Gasteiger partial charge in [-0.2, -0.15) is 0 Å². The molecule has 4 unspecified atom stereocenters. The molecule has 1 saturated carbocycles. The Hall–Kier alpha value is -0.610. The Morgan fingerprint density at radius 1 is 1.14 bits per heavy atom. The molecule has 3 aliphatic rings. The summed E-state index contributed by atoms with van der Waals surface area (Å²) in [5.74, 6) is 1.08. The fourth-order valence-corrected chi connectivity index (χ4v) is 4.46. The van der Waals surface area contributed by atoms with Crippen molar-refractivity contribution in [2.45, 2.75) is 76.4 Å². The van der Waals surface area contributed by atoms with Gasteiger partial charge in [0.2, 0.25) is 5.91 Å². The zero-order chi connectivity index (χ0) is 14.7. The lowest BCUT2D eigenvalue weighted by atomic mass is 9.77. The van der Waals surface area contributed by atoms with Crippen LogP contribution in [-0.2, 0) is 4.79 Å². The minimum absolute atomic E-state index is 0.0568. The van der Waals surface area contributed by atoms with E-state index in [1.54, 1.807) is 0 Å². The largest absolute Gasteiger partial charge is 0.351 e. The van der Waals surface area contributed by atoms with E-state index in [0.29, 0.717) is 12.1 Å². The first kappa shape index (κ1) is 15.3. The number of likely N-dealkylation sites (tertiary alicyclic amines) is 1. The maximum Gasteiger partial charge on any atom is 0.237 e. The normalized spacial score (nSPS) is 37.8. The second-order valence-corrected chi connectivity index (χ2v) is 7.19. The lowest BCUT2D eigenvalue weighted by Gasteiger charge is -2.40. The van der Waals surface area contributed by atoms with Crippen molar-refractivity contribution in [3.63, 3.8) is 0 Å². The average molecular weight is 293 g/mol. The van der Waals surface area contributed by atoms with E-state index in [0.717, 1.165) is 31.8 Å². The standard InChI is InChI=1S/C17H31N3O/c1-2-20-11-5-7-14(12-20)18-17(21)16-10-9-13-6-3-4-8-15(13)19-16/h13-16,19H,2-12H2,1H3,(H,18,21). The van der Waals surface area contributed by atoms with E-state index in [-0.39, 0.29) is 11.9 Å². The minimum atomic E-state index is 0.0568. The van der Waals surface area contributed by atoms with Gasteiger partial charge in [0.15, 0.2) is 0 Å². The highest BCUT2D eigenvalue weighted by atomic mass is 16.2. The quantitative estimate of drug-likeness (QED) is 0.835. The van der Waals surface area contributed by atoms with Crippen LogP contribution in [0.3, 0.4) is 0 Å². The molecule has 0 radical (unpaired) electrons. The fraction of sp³-hybridized carbons (Fsp3) is 0.941. The van der Waals surface area contributed by atoms with Crippen molar-refractivity contribution in [2.24, 2.45) is 5.92 Å². The topological polar surface area (TPSA) is 44.4 Å². The average Bonchev–Trinajstić information content (AvgIpc) is 2.54. The van der Waals surface area contributed by atoms with Crippen LogP contribution in [0.25, 0.3) is 0 Å². The van der Waals surface area contributed by atoms with E-state index in [2.05, 4.69) is 22.5 Å². The summed E-state index contributed by atoms with van der Waals surface area (Å²) < 4.78 is 0. The lowest BCUT2D eigenvalue weighted by Crippen LogP contribution is -2.57. The molecule has 0 bridgehead atoms. The van der Waals surface area contributed by atoms with Gasteiger partial charge in [-0.15, -0.1) is 0 Å². The van der Waals surface area contributed by atoms with Crippen LogP contribution in [0.4, 0.5) is 0 Å². The molecule has 4 nitrogen and oxygen atoms in total. The molecular weight excluding hydrogens is 262 g/mol. The van der Waals surface area contributed by atoms with E-state index >= 15 is 0 Å². The molecule has 3 fully saturated rings.